The van der Waals surface area contributed by atoms with E-state index in [0.29, 0.717) is 6.42 Å². The number of carbonyl (C=O) groups is 1. The maximum atomic E-state index is 13.1. The Bertz CT molecular complexity index is 1280. The molecule has 1 N–H and O–H groups in total. The highest BCUT2D eigenvalue weighted by Crippen LogP contribution is 2.33. The number of nitrogens with one attached hydrogen (secondary N) is 1. The molecule has 3 aromatic rings. The molecule has 0 fully saturated rings. The van der Waals surface area contributed by atoms with Gasteiger partial charge < -0.3 is 10.1 Å². The number of sulfonamides is 1. The van der Waals surface area contributed by atoms with Gasteiger partial charge in [-0.15, -0.1) is 10.2 Å². The minimum absolute atomic E-state index is 0.00301. The molecule has 0 bridgehead atoms. The monoisotopic (exact) mass is 542 g/mol. The van der Waals surface area contributed by atoms with Gasteiger partial charge in [0.1, 0.15) is 11.3 Å². The van der Waals surface area contributed by atoms with Crippen molar-refractivity contribution in [3.8, 4) is 5.75 Å². The topological polar surface area (TPSA) is 101 Å². The van der Waals surface area contributed by atoms with Crippen molar-refractivity contribution in [1.29, 1.82) is 0 Å². The number of anilines is 1. The lowest BCUT2D eigenvalue weighted by Gasteiger charge is -2.25. The Balaban J connectivity index is 1.67. The van der Waals surface area contributed by atoms with Crippen molar-refractivity contribution in [2.75, 3.05) is 17.5 Å². The third kappa shape index (κ3) is 6.32. The number of rotatable bonds is 10. The zero-order valence-corrected chi connectivity index (χ0v) is 21.4. The summed E-state index contributed by atoms with van der Waals surface area (Å²) in [5.41, 5.74) is 1.31. The van der Waals surface area contributed by atoms with Gasteiger partial charge in [0, 0.05) is 12.6 Å². The van der Waals surface area contributed by atoms with Gasteiger partial charge in [-0.2, -0.15) is 13.2 Å². The van der Waals surface area contributed by atoms with Crippen LogP contribution in [0.25, 0.3) is 0 Å². The molecule has 36 heavy (non-hydrogen) atoms. The van der Waals surface area contributed by atoms with Gasteiger partial charge in [0.25, 0.3) is 15.9 Å². The van der Waals surface area contributed by atoms with Crippen LogP contribution in [0, 0.1) is 0 Å². The number of hydrogen-bond acceptors (Lipinski definition) is 7. The smallest absolute Gasteiger partial charge is 0.416 e. The third-order valence-electron chi connectivity index (χ3n) is 5.04. The fourth-order valence-corrected chi connectivity index (χ4v) is 5.91. The van der Waals surface area contributed by atoms with Gasteiger partial charge in [0.15, 0.2) is 0 Å². The zero-order valence-electron chi connectivity index (χ0n) is 19.7. The summed E-state index contributed by atoms with van der Waals surface area (Å²) in [4.78, 5) is 12.6. The van der Waals surface area contributed by atoms with E-state index < -0.39 is 27.7 Å². The van der Waals surface area contributed by atoms with Crippen molar-refractivity contribution in [2.45, 2.75) is 44.3 Å². The highest BCUT2D eigenvalue weighted by molar-refractivity contribution is 7.93. The van der Waals surface area contributed by atoms with Crippen molar-refractivity contribution >= 4 is 32.4 Å². The molecular formula is C23H25F3N4O4S2. The molecule has 1 heterocycles. The number of aromatic nitrogens is 2. The summed E-state index contributed by atoms with van der Waals surface area (Å²) in [7, 11) is -3.86. The predicted molar refractivity (Wildman–Crippen MR) is 130 cm³/mol. The lowest BCUT2D eigenvalue weighted by Crippen LogP contribution is -2.37. The standard InChI is InChI=1S/C23H25F3N4O4S2/c1-4-34-20-13-17(23(24,25)26)7-10-19(20)21(31)27-12-11-16-5-8-18(9-6-16)36(32,33)30(15(2)3)22-29-28-14-35-22/h5-10,13-15H,4,11-12H2,1-3H3,(H,27,31). The first-order valence-corrected chi connectivity index (χ1v) is 13.3. The first kappa shape index (κ1) is 27.4. The lowest BCUT2D eigenvalue weighted by atomic mass is 10.1. The summed E-state index contributed by atoms with van der Waals surface area (Å²) in [6.07, 6.45) is -4.18. The first-order chi connectivity index (χ1) is 16.9. The maximum absolute atomic E-state index is 13.1. The molecule has 0 saturated carbocycles. The van der Waals surface area contributed by atoms with E-state index >= 15 is 0 Å². The molecule has 8 nitrogen and oxygen atoms in total. The molecule has 0 radical (unpaired) electrons. The van der Waals surface area contributed by atoms with Gasteiger partial charge in [0.05, 0.1) is 22.6 Å². The van der Waals surface area contributed by atoms with E-state index in [1.54, 1.807) is 32.9 Å². The van der Waals surface area contributed by atoms with Crippen LogP contribution in [0.4, 0.5) is 18.3 Å². The van der Waals surface area contributed by atoms with Crippen LogP contribution in [0.2, 0.25) is 0 Å². The molecule has 0 atom stereocenters. The van der Waals surface area contributed by atoms with Crippen LogP contribution < -0.4 is 14.4 Å². The lowest BCUT2D eigenvalue weighted by molar-refractivity contribution is -0.137. The van der Waals surface area contributed by atoms with E-state index in [4.69, 9.17) is 4.74 Å². The second kappa shape index (κ2) is 11.2. The van der Waals surface area contributed by atoms with Crippen molar-refractivity contribution in [3.63, 3.8) is 0 Å². The SMILES string of the molecule is CCOc1cc(C(F)(F)F)ccc1C(=O)NCCc1ccc(S(=O)(=O)N(c2nncs2)C(C)C)cc1. The van der Waals surface area contributed by atoms with E-state index in [1.165, 1.54) is 21.9 Å². The second-order valence-corrected chi connectivity index (χ2v) is 10.5. The molecule has 0 saturated heterocycles. The molecule has 3 rings (SSSR count). The summed E-state index contributed by atoms with van der Waals surface area (Å²) < 4.78 is 71.7. The van der Waals surface area contributed by atoms with E-state index in [9.17, 15) is 26.4 Å². The van der Waals surface area contributed by atoms with Crippen LogP contribution >= 0.6 is 11.3 Å². The predicted octanol–water partition coefficient (Wildman–Crippen LogP) is 4.53. The third-order valence-corrected chi connectivity index (χ3v) is 7.82. The average Bonchev–Trinajstić information content (AvgIpc) is 3.32. The molecule has 0 aliphatic carbocycles. The zero-order chi connectivity index (χ0) is 26.5. The Morgan fingerprint density at radius 3 is 2.42 bits per heavy atom. The van der Waals surface area contributed by atoms with Gasteiger partial charge in [-0.25, -0.2) is 12.7 Å². The van der Waals surface area contributed by atoms with Crippen molar-refractivity contribution < 1.29 is 31.1 Å². The first-order valence-electron chi connectivity index (χ1n) is 11.0. The number of alkyl halides is 3. The second-order valence-electron chi connectivity index (χ2n) is 7.91. The Morgan fingerprint density at radius 2 is 1.86 bits per heavy atom. The molecule has 0 unspecified atom stereocenters. The fourth-order valence-electron chi connectivity index (χ4n) is 3.38. The Labute approximate surface area is 211 Å². The molecule has 1 aromatic heterocycles. The van der Waals surface area contributed by atoms with E-state index in [0.717, 1.165) is 35.1 Å². The molecule has 0 aliphatic heterocycles. The molecule has 1 amide bonds. The van der Waals surface area contributed by atoms with Crippen molar-refractivity contribution in [1.82, 2.24) is 15.5 Å². The molecule has 0 spiro atoms. The quantitative estimate of drug-likeness (QED) is 0.404. The molecular weight excluding hydrogens is 517 g/mol. The number of carbonyl (C=O) groups excluding carboxylic acids is 1. The van der Waals surface area contributed by atoms with Crippen LogP contribution in [0.5, 0.6) is 5.75 Å². The van der Waals surface area contributed by atoms with E-state index in [2.05, 4.69) is 15.5 Å². The highest BCUT2D eigenvalue weighted by Gasteiger charge is 2.32. The van der Waals surface area contributed by atoms with Crippen molar-refractivity contribution in [3.05, 3.63) is 64.7 Å². The number of benzene rings is 2. The highest BCUT2D eigenvalue weighted by atomic mass is 32.2. The Hall–Kier alpha value is -3.19. The fraction of sp³-hybridized carbons (Fsp3) is 0.348. The minimum atomic E-state index is -4.55. The summed E-state index contributed by atoms with van der Waals surface area (Å²) in [5.74, 6) is -0.722. The van der Waals surface area contributed by atoms with Gasteiger partial charge in [-0.1, -0.05) is 23.5 Å². The molecule has 0 aliphatic rings. The number of nitrogens with zero attached hydrogens (tertiary/aromatic N) is 3. The Morgan fingerprint density at radius 1 is 1.17 bits per heavy atom. The van der Waals surface area contributed by atoms with E-state index in [-0.39, 0.29) is 40.5 Å². The number of halogens is 3. The molecule has 194 valence electrons. The van der Waals surface area contributed by atoms with Gasteiger partial charge in [-0.05, 0) is 63.1 Å². The van der Waals surface area contributed by atoms with Gasteiger partial charge in [-0.3, -0.25) is 4.79 Å². The number of amides is 1. The molecule has 13 heteroatoms. The van der Waals surface area contributed by atoms with Gasteiger partial charge >= 0.3 is 6.18 Å². The Kier molecular flexibility index (Phi) is 8.56. The number of hydrogen-bond donors (Lipinski definition) is 1. The van der Waals surface area contributed by atoms with Gasteiger partial charge in [0.2, 0.25) is 5.13 Å². The maximum Gasteiger partial charge on any atom is 0.416 e. The minimum Gasteiger partial charge on any atom is -0.493 e. The van der Waals surface area contributed by atoms with E-state index in [1.807, 2.05) is 0 Å². The summed E-state index contributed by atoms with van der Waals surface area (Å²) in [6.45, 7) is 5.37. The van der Waals surface area contributed by atoms with Crippen LogP contribution in [0.15, 0.2) is 52.9 Å². The summed E-state index contributed by atoms with van der Waals surface area (Å²) >= 11 is 1.12. The molecule has 2 aromatic carbocycles. The van der Waals surface area contributed by atoms with Crippen LogP contribution in [-0.4, -0.2) is 43.7 Å². The summed E-state index contributed by atoms with van der Waals surface area (Å²) in [5, 5.41) is 10.5. The van der Waals surface area contributed by atoms with Crippen LogP contribution in [0.1, 0.15) is 42.3 Å². The average molecular weight is 543 g/mol. The summed E-state index contributed by atoms with van der Waals surface area (Å²) in [6, 6.07) is 8.59. The normalized spacial score (nSPS) is 12.0. The number of ether oxygens (including phenoxy) is 1. The largest absolute Gasteiger partial charge is 0.493 e. The van der Waals surface area contributed by atoms with Crippen LogP contribution in [-0.2, 0) is 22.6 Å². The van der Waals surface area contributed by atoms with Crippen LogP contribution in [0.3, 0.4) is 0 Å². The van der Waals surface area contributed by atoms with Crippen molar-refractivity contribution in [2.24, 2.45) is 0 Å².